The number of benzene rings is 2. The van der Waals surface area contributed by atoms with Crippen molar-refractivity contribution in [3.8, 4) is 5.69 Å². The third-order valence-corrected chi connectivity index (χ3v) is 5.03. The molecule has 124 valence electrons. The van der Waals surface area contributed by atoms with Crippen molar-refractivity contribution in [2.75, 3.05) is 5.32 Å². The fourth-order valence-electron chi connectivity index (χ4n) is 2.60. The van der Waals surface area contributed by atoms with Gasteiger partial charge in [-0.05, 0) is 30.7 Å². The lowest BCUT2D eigenvalue weighted by Crippen LogP contribution is -2.19. The monoisotopic (exact) mass is 368 g/mol. The van der Waals surface area contributed by atoms with E-state index in [0.717, 1.165) is 11.3 Å². The number of thiazole rings is 1. The van der Waals surface area contributed by atoms with E-state index in [0.29, 0.717) is 26.2 Å². The van der Waals surface area contributed by atoms with Crippen molar-refractivity contribution in [3.63, 3.8) is 0 Å². The first-order chi connectivity index (χ1) is 12.1. The molecule has 0 radical (unpaired) electrons. The second kappa shape index (κ2) is 6.31. The lowest BCUT2D eigenvalue weighted by Gasteiger charge is -2.10. The quantitative estimate of drug-likeness (QED) is 0.576. The lowest BCUT2D eigenvalue weighted by molar-refractivity contribution is 0.952. The number of nitrogens with zero attached hydrogens (tertiary/aromatic N) is 3. The number of hydrogen-bond acceptors (Lipinski definition) is 5. The van der Waals surface area contributed by atoms with E-state index < -0.39 is 0 Å². The van der Waals surface area contributed by atoms with Gasteiger partial charge in [0.2, 0.25) is 0 Å². The summed E-state index contributed by atoms with van der Waals surface area (Å²) in [5, 5.41) is 4.33. The molecule has 0 saturated carbocycles. The average Bonchev–Trinajstić information content (AvgIpc) is 3.01. The number of anilines is 2. The predicted molar refractivity (Wildman–Crippen MR) is 102 cm³/mol. The smallest absolute Gasteiger partial charge is 0.277 e. The summed E-state index contributed by atoms with van der Waals surface area (Å²) in [7, 11) is 0. The molecule has 0 spiro atoms. The lowest BCUT2D eigenvalue weighted by atomic mass is 10.2. The summed E-state index contributed by atoms with van der Waals surface area (Å²) < 4.78 is 1.96. The van der Waals surface area contributed by atoms with Crippen LogP contribution in [-0.2, 0) is 0 Å². The molecule has 1 N–H and O–H groups in total. The van der Waals surface area contributed by atoms with E-state index in [1.807, 2.05) is 49.4 Å². The van der Waals surface area contributed by atoms with Gasteiger partial charge in [0, 0.05) is 5.69 Å². The van der Waals surface area contributed by atoms with Gasteiger partial charge in [-0.1, -0.05) is 53.3 Å². The summed E-state index contributed by atoms with van der Waals surface area (Å²) in [6, 6.07) is 15.2. The molecular weight excluding hydrogens is 356 g/mol. The van der Waals surface area contributed by atoms with Gasteiger partial charge in [-0.15, -0.1) is 0 Å². The molecule has 0 unspecified atom stereocenters. The SMILES string of the molecule is Cc1cccc(Cl)c1-n1cnc2nc(Nc3ccccc3)sc2c1=O. The summed E-state index contributed by atoms with van der Waals surface area (Å²) in [5.74, 6) is 0. The van der Waals surface area contributed by atoms with Crippen LogP contribution >= 0.6 is 22.9 Å². The van der Waals surface area contributed by atoms with E-state index >= 15 is 0 Å². The second-order valence-electron chi connectivity index (χ2n) is 5.49. The summed E-state index contributed by atoms with van der Waals surface area (Å²) in [5.41, 5.74) is 2.70. The highest BCUT2D eigenvalue weighted by Gasteiger charge is 2.14. The van der Waals surface area contributed by atoms with Gasteiger partial charge in [0.25, 0.3) is 5.56 Å². The zero-order chi connectivity index (χ0) is 17.4. The first kappa shape index (κ1) is 15.8. The second-order valence-corrected chi connectivity index (χ2v) is 6.89. The van der Waals surface area contributed by atoms with E-state index in [1.165, 1.54) is 22.2 Å². The fraction of sp³-hybridized carbons (Fsp3) is 0.0556. The summed E-state index contributed by atoms with van der Waals surface area (Å²) in [4.78, 5) is 21.6. The van der Waals surface area contributed by atoms with Gasteiger partial charge < -0.3 is 5.32 Å². The molecule has 0 aliphatic rings. The number of para-hydroxylation sites is 2. The summed E-state index contributed by atoms with van der Waals surface area (Å²) in [6.45, 7) is 1.91. The van der Waals surface area contributed by atoms with Crippen LogP contribution in [0.25, 0.3) is 16.0 Å². The molecule has 4 rings (SSSR count). The van der Waals surface area contributed by atoms with E-state index in [2.05, 4.69) is 15.3 Å². The van der Waals surface area contributed by atoms with E-state index in [1.54, 1.807) is 6.07 Å². The van der Waals surface area contributed by atoms with Gasteiger partial charge in [-0.25, -0.2) is 4.98 Å². The van der Waals surface area contributed by atoms with Crippen molar-refractivity contribution >= 4 is 44.1 Å². The van der Waals surface area contributed by atoms with Crippen molar-refractivity contribution in [2.24, 2.45) is 0 Å². The molecule has 0 amide bonds. The largest absolute Gasteiger partial charge is 0.331 e. The maximum absolute atomic E-state index is 12.9. The zero-order valence-electron chi connectivity index (χ0n) is 13.2. The number of fused-ring (bicyclic) bond motifs is 1. The minimum absolute atomic E-state index is 0.181. The van der Waals surface area contributed by atoms with Crippen LogP contribution in [0.2, 0.25) is 5.02 Å². The minimum Gasteiger partial charge on any atom is -0.331 e. The highest BCUT2D eigenvalue weighted by molar-refractivity contribution is 7.22. The van der Waals surface area contributed by atoms with Crippen LogP contribution in [0.3, 0.4) is 0 Å². The Hall–Kier alpha value is -2.70. The van der Waals surface area contributed by atoms with Crippen molar-refractivity contribution < 1.29 is 0 Å². The Morgan fingerprint density at radius 2 is 1.92 bits per heavy atom. The van der Waals surface area contributed by atoms with Crippen molar-refractivity contribution in [1.29, 1.82) is 0 Å². The van der Waals surface area contributed by atoms with Crippen molar-refractivity contribution in [3.05, 3.63) is 75.8 Å². The molecule has 2 aromatic heterocycles. The van der Waals surface area contributed by atoms with E-state index in [4.69, 9.17) is 11.6 Å². The maximum atomic E-state index is 12.9. The van der Waals surface area contributed by atoms with Crippen LogP contribution in [-0.4, -0.2) is 14.5 Å². The fourth-order valence-corrected chi connectivity index (χ4v) is 3.78. The molecule has 0 saturated heterocycles. The molecule has 0 fully saturated rings. The number of halogens is 1. The van der Waals surface area contributed by atoms with Gasteiger partial charge in [0.05, 0.1) is 10.7 Å². The highest BCUT2D eigenvalue weighted by Crippen LogP contribution is 2.27. The Bertz CT molecular complexity index is 1100. The standard InChI is InChI=1S/C18H13ClN4OS/c1-11-6-5-9-13(19)14(11)23-10-20-16-15(17(23)24)25-18(22-16)21-12-7-3-2-4-8-12/h2-10H,1H3,(H,21,22). The van der Waals surface area contributed by atoms with E-state index in [9.17, 15) is 4.79 Å². The Morgan fingerprint density at radius 1 is 1.12 bits per heavy atom. The first-order valence-electron chi connectivity index (χ1n) is 7.59. The average molecular weight is 369 g/mol. The Balaban J connectivity index is 1.82. The van der Waals surface area contributed by atoms with Crippen molar-refractivity contribution in [1.82, 2.24) is 14.5 Å². The molecule has 0 atom stereocenters. The number of nitrogens with one attached hydrogen (secondary N) is 1. The van der Waals surface area contributed by atoms with Crippen LogP contribution in [0, 0.1) is 6.92 Å². The van der Waals surface area contributed by atoms with Crippen molar-refractivity contribution in [2.45, 2.75) is 6.92 Å². The number of rotatable bonds is 3. The third kappa shape index (κ3) is 2.90. The number of aryl methyl sites for hydroxylation is 1. The minimum atomic E-state index is -0.181. The van der Waals surface area contributed by atoms with Gasteiger partial charge >= 0.3 is 0 Å². The summed E-state index contributed by atoms with van der Waals surface area (Å²) >= 11 is 7.57. The molecule has 0 aliphatic heterocycles. The molecule has 0 aliphatic carbocycles. The first-order valence-corrected chi connectivity index (χ1v) is 8.78. The Labute approximate surface area is 152 Å². The number of aromatic nitrogens is 3. The normalized spacial score (nSPS) is 11.0. The molecular formula is C18H13ClN4OS. The number of hydrogen-bond donors (Lipinski definition) is 1. The highest BCUT2D eigenvalue weighted by atomic mass is 35.5. The Morgan fingerprint density at radius 3 is 2.68 bits per heavy atom. The molecule has 25 heavy (non-hydrogen) atoms. The molecule has 0 bridgehead atoms. The van der Waals surface area contributed by atoms with Crippen LogP contribution in [0.1, 0.15) is 5.56 Å². The topological polar surface area (TPSA) is 59.8 Å². The zero-order valence-corrected chi connectivity index (χ0v) is 14.8. The molecule has 7 heteroatoms. The third-order valence-electron chi connectivity index (χ3n) is 3.77. The van der Waals surface area contributed by atoms with Gasteiger partial charge in [-0.3, -0.25) is 9.36 Å². The van der Waals surface area contributed by atoms with Gasteiger partial charge in [0.15, 0.2) is 10.8 Å². The van der Waals surface area contributed by atoms with Crippen LogP contribution < -0.4 is 10.9 Å². The van der Waals surface area contributed by atoms with Crippen LogP contribution in [0.15, 0.2) is 59.7 Å². The van der Waals surface area contributed by atoms with Gasteiger partial charge in [0.1, 0.15) is 11.0 Å². The maximum Gasteiger partial charge on any atom is 0.277 e. The van der Waals surface area contributed by atoms with E-state index in [-0.39, 0.29) is 5.56 Å². The summed E-state index contributed by atoms with van der Waals surface area (Å²) in [6.07, 6.45) is 1.48. The molecule has 4 aromatic rings. The van der Waals surface area contributed by atoms with Crippen LogP contribution in [0.4, 0.5) is 10.8 Å². The molecule has 2 aromatic carbocycles. The van der Waals surface area contributed by atoms with Gasteiger partial charge in [-0.2, -0.15) is 4.98 Å². The molecule has 2 heterocycles. The van der Waals surface area contributed by atoms with Crippen LogP contribution in [0.5, 0.6) is 0 Å². The Kier molecular flexibility index (Phi) is 3.99. The molecule has 5 nitrogen and oxygen atoms in total. The predicted octanol–water partition coefficient (Wildman–Crippen LogP) is 4.55.